The Morgan fingerprint density at radius 3 is 2.67 bits per heavy atom. The van der Waals surface area contributed by atoms with Gasteiger partial charge in [-0.1, -0.05) is 17.7 Å². The number of hydrogen-bond acceptors (Lipinski definition) is 3. The predicted octanol–water partition coefficient (Wildman–Crippen LogP) is 3.43. The zero-order chi connectivity index (χ0) is 15.2. The summed E-state index contributed by atoms with van der Waals surface area (Å²) in [5.74, 6) is 0.0530. The first-order valence-electron chi connectivity index (χ1n) is 6.43. The topological polar surface area (TPSA) is 59.0 Å². The van der Waals surface area contributed by atoms with Gasteiger partial charge in [0.15, 0.2) is 0 Å². The normalized spacial score (nSPS) is 10.2. The Morgan fingerprint density at radius 2 is 2.00 bits per heavy atom. The Balaban J connectivity index is 2.10. The van der Waals surface area contributed by atoms with Crippen molar-refractivity contribution in [3.05, 3.63) is 63.9 Å². The number of nitrogens with two attached hydrogens (primary N) is 1. The van der Waals surface area contributed by atoms with Crippen LogP contribution in [0.1, 0.15) is 16.7 Å². The Kier molecular flexibility index (Phi) is 5.15. The van der Waals surface area contributed by atoms with E-state index in [9.17, 15) is 4.39 Å². The highest BCUT2D eigenvalue weighted by atomic mass is 35.5. The summed E-state index contributed by atoms with van der Waals surface area (Å²) in [5, 5.41) is 9.29. The van der Waals surface area contributed by atoms with E-state index < -0.39 is 5.82 Å². The molecule has 0 bridgehead atoms. The molecular formula is C16H14ClFN2O. The van der Waals surface area contributed by atoms with Gasteiger partial charge in [0.2, 0.25) is 0 Å². The van der Waals surface area contributed by atoms with Crippen molar-refractivity contribution in [1.29, 1.82) is 5.26 Å². The van der Waals surface area contributed by atoms with Gasteiger partial charge in [0.05, 0.1) is 16.7 Å². The van der Waals surface area contributed by atoms with Crippen molar-refractivity contribution in [2.75, 3.05) is 6.54 Å². The van der Waals surface area contributed by atoms with Gasteiger partial charge in [0.1, 0.15) is 18.2 Å². The molecule has 0 aliphatic carbocycles. The summed E-state index contributed by atoms with van der Waals surface area (Å²) in [7, 11) is 0. The summed E-state index contributed by atoms with van der Waals surface area (Å²) in [6.07, 6.45) is 0.745. The van der Waals surface area contributed by atoms with Crippen molar-refractivity contribution in [3.63, 3.8) is 0 Å². The SMILES string of the molecule is N#Cc1cc(F)cc(COc2ccc(CCN)cc2Cl)c1. The van der Waals surface area contributed by atoms with Crippen molar-refractivity contribution < 1.29 is 9.13 Å². The van der Waals surface area contributed by atoms with Gasteiger partial charge in [-0.25, -0.2) is 4.39 Å². The lowest BCUT2D eigenvalue weighted by Crippen LogP contribution is -2.03. The van der Waals surface area contributed by atoms with Crippen LogP contribution in [0.15, 0.2) is 36.4 Å². The van der Waals surface area contributed by atoms with Crippen molar-refractivity contribution in [2.24, 2.45) is 5.73 Å². The van der Waals surface area contributed by atoms with Gasteiger partial charge in [-0.2, -0.15) is 5.26 Å². The van der Waals surface area contributed by atoms with Gasteiger partial charge < -0.3 is 10.5 Å². The lowest BCUT2D eigenvalue weighted by atomic mass is 10.1. The Hall–Kier alpha value is -2.09. The molecule has 0 aromatic heterocycles. The standard InChI is InChI=1S/C16H14ClFN2O/c17-15-8-11(3-4-19)1-2-16(15)21-10-13-5-12(9-20)6-14(18)7-13/h1-2,5-8H,3-4,10,19H2. The van der Waals surface area contributed by atoms with Gasteiger partial charge in [-0.05, 0) is 54.4 Å². The highest BCUT2D eigenvalue weighted by Crippen LogP contribution is 2.26. The molecule has 2 aromatic rings. The first kappa shape index (κ1) is 15.3. The summed E-state index contributed by atoms with van der Waals surface area (Å²) < 4.78 is 18.9. The highest BCUT2D eigenvalue weighted by Gasteiger charge is 2.05. The van der Waals surface area contributed by atoms with Crippen LogP contribution in [0.2, 0.25) is 5.02 Å². The summed E-state index contributed by atoms with van der Waals surface area (Å²) in [4.78, 5) is 0. The van der Waals surface area contributed by atoms with Crippen LogP contribution in [0.25, 0.3) is 0 Å². The summed E-state index contributed by atoms with van der Waals surface area (Å²) in [6, 6.07) is 11.5. The largest absolute Gasteiger partial charge is 0.487 e. The molecule has 0 amide bonds. The van der Waals surface area contributed by atoms with Gasteiger partial charge in [-0.3, -0.25) is 0 Å². The number of rotatable bonds is 5. The minimum absolute atomic E-state index is 0.141. The van der Waals surface area contributed by atoms with Gasteiger partial charge >= 0.3 is 0 Å². The maximum Gasteiger partial charge on any atom is 0.138 e. The minimum Gasteiger partial charge on any atom is -0.487 e. The molecular weight excluding hydrogens is 291 g/mol. The van der Waals surface area contributed by atoms with Crippen molar-refractivity contribution in [2.45, 2.75) is 13.0 Å². The number of ether oxygens (including phenoxy) is 1. The number of nitrogens with zero attached hydrogens (tertiary/aromatic N) is 1. The molecule has 0 fully saturated rings. The molecule has 0 aliphatic rings. The molecule has 21 heavy (non-hydrogen) atoms. The lowest BCUT2D eigenvalue weighted by molar-refractivity contribution is 0.305. The predicted molar refractivity (Wildman–Crippen MR) is 79.7 cm³/mol. The molecule has 0 spiro atoms. The first-order valence-corrected chi connectivity index (χ1v) is 6.81. The maximum absolute atomic E-state index is 13.3. The third kappa shape index (κ3) is 4.19. The molecule has 0 saturated carbocycles. The molecule has 0 heterocycles. The van der Waals surface area contributed by atoms with Crippen LogP contribution < -0.4 is 10.5 Å². The molecule has 5 heteroatoms. The Labute approximate surface area is 127 Å². The quantitative estimate of drug-likeness (QED) is 0.920. The average molecular weight is 305 g/mol. The number of nitriles is 1. The van der Waals surface area contributed by atoms with Crippen molar-refractivity contribution in [3.8, 4) is 11.8 Å². The first-order chi connectivity index (χ1) is 10.1. The zero-order valence-corrected chi connectivity index (χ0v) is 12.0. The molecule has 0 atom stereocenters. The molecule has 2 rings (SSSR count). The van der Waals surface area contributed by atoms with Crippen molar-refractivity contribution in [1.82, 2.24) is 0 Å². The molecule has 0 aliphatic heterocycles. The third-order valence-electron chi connectivity index (χ3n) is 2.91. The molecule has 3 nitrogen and oxygen atoms in total. The third-order valence-corrected chi connectivity index (χ3v) is 3.21. The maximum atomic E-state index is 13.3. The molecule has 2 N–H and O–H groups in total. The van der Waals surface area contributed by atoms with Crippen molar-refractivity contribution >= 4 is 11.6 Å². The summed E-state index contributed by atoms with van der Waals surface area (Å²) in [6.45, 7) is 0.694. The average Bonchev–Trinajstić information content (AvgIpc) is 2.46. The van der Waals surface area contributed by atoms with Crippen LogP contribution >= 0.6 is 11.6 Å². The van der Waals surface area contributed by atoms with Crippen LogP contribution in [0, 0.1) is 17.1 Å². The highest BCUT2D eigenvalue weighted by molar-refractivity contribution is 6.32. The minimum atomic E-state index is -0.461. The van der Waals surface area contributed by atoms with E-state index in [0.29, 0.717) is 22.9 Å². The number of hydrogen-bond donors (Lipinski definition) is 1. The summed E-state index contributed by atoms with van der Waals surface area (Å²) in [5.41, 5.74) is 7.36. The lowest BCUT2D eigenvalue weighted by Gasteiger charge is -2.10. The van der Waals surface area contributed by atoms with E-state index in [1.54, 1.807) is 18.2 Å². The fraction of sp³-hybridized carbons (Fsp3) is 0.188. The number of halogens is 2. The molecule has 0 unspecified atom stereocenters. The zero-order valence-electron chi connectivity index (χ0n) is 11.3. The van der Waals surface area contributed by atoms with Crippen LogP contribution in [0.5, 0.6) is 5.75 Å². The van der Waals surface area contributed by atoms with Crippen LogP contribution in [0.3, 0.4) is 0 Å². The fourth-order valence-corrected chi connectivity index (χ4v) is 2.20. The van der Waals surface area contributed by atoms with E-state index in [4.69, 9.17) is 27.3 Å². The van der Waals surface area contributed by atoms with Crippen LogP contribution in [0.4, 0.5) is 4.39 Å². The Morgan fingerprint density at radius 1 is 1.19 bits per heavy atom. The smallest absolute Gasteiger partial charge is 0.138 e. The van der Waals surface area contributed by atoms with E-state index in [2.05, 4.69) is 0 Å². The molecule has 2 aromatic carbocycles. The second-order valence-electron chi connectivity index (χ2n) is 4.55. The molecule has 108 valence electrons. The molecule has 0 radical (unpaired) electrons. The van der Waals surface area contributed by atoms with E-state index in [-0.39, 0.29) is 12.2 Å². The van der Waals surface area contributed by atoms with E-state index >= 15 is 0 Å². The van der Waals surface area contributed by atoms with E-state index in [1.165, 1.54) is 12.1 Å². The number of benzene rings is 2. The van der Waals surface area contributed by atoms with E-state index in [0.717, 1.165) is 12.0 Å². The van der Waals surface area contributed by atoms with Gasteiger partial charge in [0, 0.05) is 0 Å². The van der Waals surface area contributed by atoms with Crippen LogP contribution in [-0.4, -0.2) is 6.54 Å². The second-order valence-corrected chi connectivity index (χ2v) is 4.96. The van der Waals surface area contributed by atoms with E-state index in [1.807, 2.05) is 12.1 Å². The van der Waals surface area contributed by atoms with Gasteiger partial charge in [-0.15, -0.1) is 0 Å². The fourth-order valence-electron chi connectivity index (χ4n) is 1.94. The van der Waals surface area contributed by atoms with Gasteiger partial charge in [0.25, 0.3) is 0 Å². The summed E-state index contributed by atoms with van der Waals surface area (Å²) >= 11 is 6.13. The monoisotopic (exact) mass is 304 g/mol. The molecule has 0 saturated heterocycles. The van der Waals surface area contributed by atoms with Crippen LogP contribution in [-0.2, 0) is 13.0 Å². The second kappa shape index (κ2) is 7.07. The Bertz CT molecular complexity index is 682.